The second kappa shape index (κ2) is 3.25. The van der Waals surface area contributed by atoms with E-state index in [-0.39, 0.29) is 0 Å². The van der Waals surface area contributed by atoms with Crippen LogP contribution in [0.25, 0.3) is 0 Å². The molecular weight excluding hydrogens is 232 g/mol. The van der Waals surface area contributed by atoms with Crippen molar-refractivity contribution in [3.05, 3.63) is 16.1 Å². The Kier molecular flexibility index (Phi) is 2.24. The Labute approximate surface area is 85.3 Å². The Hall–Kier alpha value is -0.640. The van der Waals surface area contributed by atoms with Crippen LogP contribution in [0.5, 0.6) is 0 Å². The minimum atomic E-state index is 0.550. The molecule has 0 N–H and O–H groups in total. The van der Waals surface area contributed by atoms with E-state index < -0.39 is 0 Å². The Morgan fingerprint density at radius 2 is 2.46 bits per heavy atom. The minimum absolute atomic E-state index is 0.550. The van der Waals surface area contributed by atoms with E-state index in [0.29, 0.717) is 11.7 Å². The van der Waals surface area contributed by atoms with E-state index in [1.807, 2.05) is 4.57 Å². The zero-order valence-corrected chi connectivity index (χ0v) is 9.04. The highest BCUT2D eigenvalue weighted by molar-refractivity contribution is 9.10. The van der Waals surface area contributed by atoms with Crippen molar-refractivity contribution >= 4 is 22.2 Å². The summed E-state index contributed by atoms with van der Waals surface area (Å²) in [5, 5.41) is 0. The first-order valence-corrected chi connectivity index (χ1v) is 5.21. The fourth-order valence-corrected chi connectivity index (χ4v) is 2.35. The largest absolute Gasteiger partial charge is 0.325 e. The molecule has 13 heavy (non-hydrogen) atoms. The summed E-state index contributed by atoms with van der Waals surface area (Å²) >= 11 is 3.38. The van der Waals surface area contributed by atoms with Crippen LogP contribution in [-0.4, -0.2) is 15.8 Å². The molecule has 2 rings (SSSR count). The van der Waals surface area contributed by atoms with Gasteiger partial charge >= 0.3 is 0 Å². The number of hydrogen-bond donors (Lipinski definition) is 0. The lowest BCUT2D eigenvalue weighted by Gasteiger charge is -2.20. The highest BCUT2D eigenvalue weighted by Crippen LogP contribution is 2.26. The highest BCUT2D eigenvalue weighted by atomic mass is 79.9. The van der Waals surface area contributed by atoms with Gasteiger partial charge in [-0.15, -0.1) is 0 Å². The first-order valence-electron chi connectivity index (χ1n) is 4.42. The monoisotopic (exact) mass is 242 g/mol. The minimum Gasteiger partial charge on any atom is -0.325 e. The van der Waals surface area contributed by atoms with Gasteiger partial charge in [-0.05, 0) is 34.7 Å². The van der Waals surface area contributed by atoms with Crippen molar-refractivity contribution in [2.45, 2.75) is 26.3 Å². The van der Waals surface area contributed by atoms with E-state index in [1.54, 1.807) is 0 Å². The third-order valence-corrected chi connectivity index (χ3v) is 3.18. The van der Waals surface area contributed by atoms with Crippen LogP contribution in [0.1, 0.15) is 29.7 Å². The molecule has 0 spiro atoms. The van der Waals surface area contributed by atoms with Crippen LogP contribution in [0.4, 0.5) is 0 Å². The average Bonchev–Trinajstić information content (AvgIpc) is 2.43. The predicted octanol–water partition coefficient (Wildman–Crippen LogP) is 2.04. The van der Waals surface area contributed by atoms with E-state index in [1.165, 1.54) is 5.69 Å². The number of rotatable bonds is 1. The number of fused-ring (bicyclic) bond motifs is 1. The molecule has 0 amide bonds. The molecule has 0 aliphatic carbocycles. The molecule has 0 bridgehead atoms. The van der Waals surface area contributed by atoms with Gasteiger partial charge in [0.2, 0.25) is 0 Å². The summed E-state index contributed by atoms with van der Waals surface area (Å²) in [5.74, 6) is 1.24. The van der Waals surface area contributed by atoms with Gasteiger partial charge in [0, 0.05) is 6.54 Å². The van der Waals surface area contributed by atoms with Gasteiger partial charge < -0.3 is 4.57 Å². The number of aldehydes is 1. The van der Waals surface area contributed by atoms with Gasteiger partial charge in [-0.3, -0.25) is 4.79 Å². The number of imidazole rings is 1. The number of nitrogens with zero attached hydrogens (tertiary/aromatic N) is 2. The summed E-state index contributed by atoms with van der Waals surface area (Å²) in [6.45, 7) is 3.15. The molecule has 0 aromatic carbocycles. The fourth-order valence-electron chi connectivity index (χ4n) is 1.79. The molecular formula is C9H11BrN2O. The summed E-state index contributed by atoms with van der Waals surface area (Å²) in [4.78, 5) is 14.8. The molecule has 2 heterocycles. The summed E-state index contributed by atoms with van der Waals surface area (Å²) in [7, 11) is 0. The van der Waals surface area contributed by atoms with Crippen LogP contribution in [0.15, 0.2) is 4.60 Å². The van der Waals surface area contributed by atoms with Crippen molar-refractivity contribution in [1.82, 2.24) is 9.55 Å². The summed E-state index contributed by atoms with van der Waals surface area (Å²) in [6, 6.07) is 0. The van der Waals surface area contributed by atoms with Gasteiger partial charge in [0.25, 0.3) is 0 Å². The lowest BCUT2D eigenvalue weighted by Crippen LogP contribution is -2.18. The zero-order valence-electron chi connectivity index (χ0n) is 7.46. The number of aromatic nitrogens is 2. The molecule has 0 saturated heterocycles. The van der Waals surface area contributed by atoms with Crippen molar-refractivity contribution in [2.24, 2.45) is 5.92 Å². The Balaban J connectivity index is 2.47. The molecule has 0 fully saturated rings. The van der Waals surface area contributed by atoms with Crippen molar-refractivity contribution < 1.29 is 4.79 Å². The van der Waals surface area contributed by atoms with E-state index >= 15 is 0 Å². The second-order valence-electron chi connectivity index (χ2n) is 3.57. The molecule has 1 atom stereocenters. The van der Waals surface area contributed by atoms with Gasteiger partial charge in [0.05, 0.1) is 5.69 Å². The first kappa shape index (κ1) is 8.94. The van der Waals surface area contributed by atoms with Gasteiger partial charge in [-0.1, -0.05) is 6.92 Å². The normalized spacial score (nSPS) is 21.2. The first-order chi connectivity index (χ1) is 6.22. The van der Waals surface area contributed by atoms with Crippen LogP contribution in [0, 0.1) is 5.92 Å². The average molecular weight is 243 g/mol. The predicted molar refractivity (Wildman–Crippen MR) is 52.8 cm³/mol. The molecule has 4 heteroatoms. The smallest absolute Gasteiger partial charge is 0.185 e. The van der Waals surface area contributed by atoms with Gasteiger partial charge in [0.1, 0.15) is 4.60 Å². The maximum atomic E-state index is 10.7. The van der Waals surface area contributed by atoms with Gasteiger partial charge in [-0.2, -0.15) is 0 Å². The summed E-state index contributed by atoms with van der Waals surface area (Å²) in [5.41, 5.74) is 1.17. The van der Waals surface area contributed by atoms with Crippen LogP contribution in [-0.2, 0) is 13.0 Å². The number of carbonyl (C=O) groups excluding carboxylic acids is 1. The highest BCUT2D eigenvalue weighted by Gasteiger charge is 2.21. The third kappa shape index (κ3) is 1.43. The summed E-state index contributed by atoms with van der Waals surface area (Å²) < 4.78 is 2.85. The Morgan fingerprint density at radius 3 is 3.15 bits per heavy atom. The zero-order chi connectivity index (χ0) is 9.42. The maximum Gasteiger partial charge on any atom is 0.185 e. The molecule has 1 aromatic rings. The van der Waals surface area contributed by atoms with Gasteiger partial charge in [-0.25, -0.2) is 4.98 Å². The van der Waals surface area contributed by atoms with Crippen molar-refractivity contribution in [1.29, 1.82) is 0 Å². The second-order valence-corrected chi connectivity index (χ2v) is 4.33. The standard InChI is InChI=1S/C9H11BrN2O/c1-6-2-3-12-7(4-6)9(10)11-8(12)5-13/h5-6H,2-4H2,1H3. The van der Waals surface area contributed by atoms with E-state index in [0.717, 1.165) is 30.3 Å². The maximum absolute atomic E-state index is 10.7. The van der Waals surface area contributed by atoms with Gasteiger partial charge in [0.15, 0.2) is 12.1 Å². The fraction of sp³-hybridized carbons (Fsp3) is 0.556. The van der Waals surface area contributed by atoms with Crippen LogP contribution >= 0.6 is 15.9 Å². The van der Waals surface area contributed by atoms with Crippen molar-refractivity contribution in [3.8, 4) is 0 Å². The molecule has 0 radical (unpaired) electrons. The van der Waals surface area contributed by atoms with Crippen LogP contribution in [0.3, 0.4) is 0 Å². The molecule has 1 aliphatic rings. The topological polar surface area (TPSA) is 34.9 Å². The molecule has 1 aliphatic heterocycles. The van der Waals surface area contributed by atoms with Crippen molar-refractivity contribution in [3.63, 3.8) is 0 Å². The molecule has 70 valence electrons. The number of carbonyl (C=O) groups is 1. The Morgan fingerprint density at radius 1 is 1.69 bits per heavy atom. The SMILES string of the molecule is CC1CCn2c(C=O)nc(Br)c2C1. The molecule has 0 saturated carbocycles. The van der Waals surface area contributed by atoms with E-state index in [4.69, 9.17) is 0 Å². The lowest BCUT2D eigenvalue weighted by atomic mass is 9.99. The summed E-state index contributed by atoms with van der Waals surface area (Å²) in [6.07, 6.45) is 2.97. The number of hydrogen-bond acceptors (Lipinski definition) is 2. The molecule has 1 unspecified atom stereocenters. The van der Waals surface area contributed by atoms with Crippen LogP contribution in [0.2, 0.25) is 0 Å². The van der Waals surface area contributed by atoms with E-state index in [9.17, 15) is 4.79 Å². The Bertz CT molecular complexity index is 346. The van der Waals surface area contributed by atoms with Crippen LogP contribution < -0.4 is 0 Å². The van der Waals surface area contributed by atoms with Crippen molar-refractivity contribution in [2.75, 3.05) is 0 Å². The van der Waals surface area contributed by atoms with E-state index in [2.05, 4.69) is 27.8 Å². The molecule has 1 aromatic heterocycles. The quantitative estimate of drug-likeness (QED) is 0.707. The molecule has 3 nitrogen and oxygen atoms in total. The third-order valence-electron chi connectivity index (χ3n) is 2.55. The lowest BCUT2D eigenvalue weighted by molar-refractivity contribution is 0.110. The number of halogens is 1.